The Kier molecular flexibility index (Phi) is 4.97. The monoisotopic (exact) mass is 222 g/mol. The third-order valence-corrected chi connectivity index (χ3v) is 1.71. The van der Waals surface area contributed by atoms with Crippen molar-refractivity contribution in [1.82, 2.24) is 0 Å². The van der Waals surface area contributed by atoms with Crippen molar-refractivity contribution in [2.75, 3.05) is 14.2 Å². The maximum Gasteiger partial charge on any atom is 0.416 e. The number of methoxy groups -OCH3 is 2. The van der Waals surface area contributed by atoms with Gasteiger partial charge in [-0.3, -0.25) is 0 Å². The minimum Gasteiger partial charge on any atom is -0.498 e. The van der Waals surface area contributed by atoms with E-state index in [0.29, 0.717) is 0 Å². The van der Waals surface area contributed by atoms with Crippen molar-refractivity contribution in [2.45, 2.75) is 13.1 Å². The number of alkyl halides is 3. The van der Waals surface area contributed by atoms with Gasteiger partial charge in [0.15, 0.2) is 5.76 Å². The van der Waals surface area contributed by atoms with Gasteiger partial charge in [-0.25, -0.2) is 0 Å². The standard InChI is InChI=1S/C10H13F3O2/c1-5-8(10(11,12)13)6-9(15-4)7(2)14-3/h5-6H,1H2,2-4H3/b8-6+,9-7-. The predicted molar refractivity (Wildman–Crippen MR) is 51.1 cm³/mol. The highest BCUT2D eigenvalue weighted by Gasteiger charge is 2.31. The molecule has 86 valence electrons. The second kappa shape index (κ2) is 5.48. The Morgan fingerprint density at radius 2 is 1.73 bits per heavy atom. The van der Waals surface area contributed by atoms with Gasteiger partial charge in [-0.15, -0.1) is 0 Å². The van der Waals surface area contributed by atoms with E-state index in [-0.39, 0.29) is 11.5 Å². The Morgan fingerprint density at radius 1 is 1.20 bits per heavy atom. The van der Waals surface area contributed by atoms with E-state index in [1.165, 1.54) is 21.1 Å². The summed E-state index contributed by atoms with van der Waals surface area (Å²) >= 11 is 0. The summed E-state index contributed by atoms with van der Waals surface area (Å²) in [5.41, 5.74) is -0.879. The molecule has 5 heteroatoms. The Morgan fingerprint density at radius 3 is 2.00 bits per heavy atom. The number of halogens is 3. The predicted octanol–water partition coefficient (Wildman–Crippen LogP) is 3.19. The van der Waals surface area contributed by atoms with E-state index >= 15 is 0 Å². The number of hydrogen-bond donors (Lipinski definition) is 0. The van der Waals surface area contributed by atoms with E-state index in [1.807, 2.05) is 0 Å². The van der Waals surface area contributed by atoms with Gasteiger partial charge >= 0.3 is 6.18 Å². The summed E-state index contributed by atoms with van der Waals surface area (Å²) in [5.74, 6) is 0.283. The Labute approximate surface area is 86.7 Å². The van der Waals surface area contributed by atoms with Crippen molar-refractivity contribution in [2.24, 2.45) is 0 Å². The summed E-state index contributed by atoms with van der Waals surface area (Å²) in [7, 11) is 2.62. The van der Waals surface area contributed by atoms with Crippen LogP contribution in [0, 0.1) is 0 Å². The molecule has 0 rings (SSSR count). The maximum atomic E-state index is 12.3. The van der Waals surface area contributed by atoms with Crippen LogP contribution in [0.25, 0.3) is 0 Å². The highest BCUT2D eigenvalue weighted by molar-refractivity contribution is 5.30. The topological polar surface area (TPSA) is 18.5 Å². The number of allylic oxidation sites excluding steroid dienone is 4. The fourth-order valence-corrected chi connectivity index (χ4v) is 0.803. The molecule has 2 nitrogen and oxygen atoms in total. The zero-order valence-corrected chi connectivity index (χ0v) is 8.81. The van der Waals surface area contributed by atoms with Gasteiger partial charge in [0.2, 0.25) is 0 Å². The highest BCUT2D eigenvalue weighted by atomic mass is 19.4. The van der Waals surface area contributed by atoms with Gasteiger partial charge in [0, 0.05) is 0 Å². The lowest BCUT2D eigenvalue weighted by Crippen LogP contribution is -2.10. The Balaban J connectivity index is 5.23. The molecule has 15 heavy (non-hydrogen) atoms. The summed E-state index contributed by atoms with van der Waals surface area (Å²) in [6.45, 7) is 4.60. The average Bonchev–Trinajstić information content (AvgIpc) is 2.16. The molecular formula is C10H13F3O2. The van der Waals surface area contributed by atoms with Crippen LogP contribution in [0.4, 0.5) is 13.2 Å². The van der Waals surface area contributed by atoms with Crippen molar-refractivity contribution < 1.29 is 22.6 Å². The Bertz CT molecular complexity index is 288. The van der Waals surface area contributed by atoms with Crippen molar-refractivity contribution in [3.8, 4) is 0 Å². The smallest absolute Gasteiger partial charge is 0.416 e. The van der Waals surface area contributed by atoms with E-state index < -0.39 is 11.7 Å². The molecule has 0 unspecified atom stereocenters. The van der Waals surface area contributed by atoms with Crippen LogP contribution in [0.1, 0.15) is 6.92 Å². The highest BCUT2D eigenvalue weighted by Crippen LogP contribution is 2.27. The minimum absolute atomic E-state index is 0.0183. The van der Waals surface area contributed by atoms with Crippen LogP contribution < -0.4 is 0 Å². The fourth-order valence-electron chi connectivity index (χ4n) is 0.803. The molecule has 0 aliphatic carbocycles. The summed E-state index contributed by atoms with van der Waals surface area (Å²) in [6, 6.07) is 0. The molecule has 0 heterocycles. The molecule has 0 aromatic carbocycles. The zero-order chi connectivity index (χ0) is 12.1. The lowest BCUT2D eigenvalue weighted by Gasteiger charge is -2.10. The normalized spacial score (nSPS) is 14.4. The maximum absolute atomic E-state index is 12.3. The molecule has 0 aliphatic rings. The average molecular weight is 222 g/mol. The quantitative estimate of drug-likeness (QED) is 0.537. The van der Waals surface area contributed by atoms with Gasteiger partial charge in [0.1, 0.15) is 5.76 Å². The Hall–Kier alpha value is -1.39. The molecule has 0 saturated carbocycles. The first-order valence-corrected chi connectivity index (χ1v) is 4.07. The van der Waals surface area contributed by atoms with Crippen molar-refractivity contribution in [3.63, 3.8) is 0 Å². The van der Waals surface area contributed by atoms with E-state index in [9.17, 15) is 13.2 Å². The molecule has 0 aromatic rings. The number of ether oxygens (including phenoxy) is 2. The van der Waals surface area contributed by atoms with Crippen LogP contribution in [0.2, 0.25) is 0 Å². The first-order valence-electron chi connectivity index (χ1n) is 4.07. The second-order valence-corrected chi connectivity index (χ2v) is 2.63. The van der Waals surface area contributed by atoms with Crippen molar-refractivity contribution in [3.05, 3.63) is 35.8 Å². The second-order valence-electron chi connectivity index (χ2n) is 2.63. The molecule has 0 bridgehead atoms. The van der Waals surface area contributed by atoms with Gasteiger partial charge in [0.25, 0.3) is 0 Å². The van der Waals surface area contributed by atoms with E-state index in [1.54, 1.807) is 0 Å². The summed E-state index contributed by atoms with van der Waals surface area (Å²) in [5, 5.41) is 0. The van der Waals surface area contributed by atoms with E-state index in [4.69, 9.17) is 9.47 Å². The fraction of sp³-hybridized carbons (Fsp3) is 0.400. The van der Waals surface area contributed by atoms with Crippen molar-refractivity contribution >= 4 is 0 Å². The van der Waals surface area contributed by atoms with Gasteiger partial charge in [-0.2, -0.15) is 13.2 Å². The van der Waals surface area contributed by atoms with Crippen molar-refractivity contribution in [1.29, 1.82) is 0 Å². The van der Waals surface area contributed by atoms with Crippen LogP contribution in [-0.2, 0) is 9.47 Å². The van der Waals surface area contributed by atoms with Crippen LogP contribution in [0.5, 0.6) is 0 Å². The van der Waals surface area contributed by atoms with Crippen LogP contribution >= 0.6 is 0 Å². The number of hydrogen-bond acceptors (Lipinski definition) is 2. The van der Waals surface area contributed by atoms with E-state index in [0.717, 1.165) is 12.2 Å². The summed E-state index contributed by atoms with van der Waals surface area (Å²) in [4.78, 5) is 0. The van der Waals surface area contributed by atoms with E-state index in [2.05, 4.69) is 6.58 Å². The first-order chi connectivity index (χ1) is 6.86. The lowest BCUT2D eigenvalue weighted by atomic mass is 10.2. The third-order valence-electron chi connectivity index (χ3n) is 1.71. The largest absolute Gasteiger partial charge is 0.498 e. The minimum atomic E-state index is -4.44. The first kappa shape index (κ1) is 13.6. The molecule has 0 amide bonds. The third kappa shape index (κ3) is 4.10. The van der Waals surface area contributed by atoms with Gasteiger partial charge in [-0.1, -0.05) is 12.7 Å². The molecule has 0 fully saturated rings. The molecule has 0 aliphatic heterocycles. The molecule has 0 radical (unpaired) electrons. The molecule has 0 aromatic heterocycles. The van der Waals surface area contributed by atoms with Crippen LogP contribution in [-0.4, -0.2) is 20.4 Å². The molecule has 0 saturated heterocycles. The molecule has 0 atom stereocenters. The van der Waals surface area contributed by atoms with Gasteiger partial charge in [0.05, 0.1) is 19.8 Å². The summed E-state index contributed by atoms with van der Waals surface area (Å²) < 4.78 is 46.5. The molecule has 0 spiro atoms. The molecule has 0 N–H and O–H groups in total. The SMILES string of the molecule is C=C/C(=C\C(OC)=C(/C)OC)C(F)(F)F. The van der Waals surface area contributed by atoms with Crippen LogP contribution in [0.15, 0.2) is 35.8 Å². The zero-order valence-electron chi connectivity index (χ0n) is 8.81. The van der Waals surface area contributed by atoms with Gasteiger partial charge < -0.3 is 9.47 Å². The van der Waals surface area contributed by atoms with Crippen LogP contribution in [0.3, 0.4) is 0 Å². The lowest BCUT2D eigenvalue weighted by molar-refractivity contribution is -0.0884. The number of rotatable bonds is 4. The van der Waals surface area contributed by atoms with Gasteiger partial charge in [-0.05, 0) is 13.0 Å². The molecular weight excluding hydrogens is 209 g/mol. The summed E-state index contributed by atoms with van der Waals surface area (Å²) in [6.07, 6.45) is -2.88.